The fourth-order valence-electron chi connectivity index (χ4n) is 0.617. The molecule has 2 atom stereocenters. The summed E-state index contributed by atoms with van der Waals surface area (Å²) in [6.07, 6.45) is -0.188. The summed E-state index contributed by atoms with van der Waals surface area (Å²) in [6, 6.07) is -0.975. The number of carboxylic acids is 1. The van der Waals surface area contributed by atoms with Crippen molar-refractivity contribution in [1.29, 1.82) is 0 Å². The van der Waals surface area contributed by atoms with Crippen LogP contribution in [0.2, 0.25) is 0 Å². The van der Waals surface area contributed by atoms with Gasteiger partial charge in [-0.25, -0.2) is 4.79 Å². The normalized spacial score (nSPS) is 15.1. The summed E-state index contributed by atoms with van der Waals surface area (Å²) in [7, 11) is 1.38. The lowest BCUT2D eigenvalue weighted by atomic mass is 10.2. The van der Waals surface area contributed by atoms with E-state index in [1.807, 2.05) is 0 Å². The summed E-state index contributed by atoms with van der Waals surface area (Å²) in [5.41, 5.74) is 0. The highest BCUT2D eigenvalue weighted by molar-refractivity contribution is 5.76. The highest BCUT2D eigenvalue weighted by atomic mass is 16.5. The predicted octanol–water partition coefficient (Wildman–Crippen LogP) is -0.779. The highest BCUT2D eigenvalue weighted by Gasteiger charge is 2.23. The van der Waals surface area contributed by atoms with Gasteiger partial charge >= 0.3 is 5.97 Å². The Hall–Kier alpha value is -1.10. The van der Waals surface area contributed by atoms with Crippen LogP contribution in [0.15, 0.2) is 0 Å². The first-order valence-corrected chi connectivity index (χ1v) is 3.08. The quantitative estimate of drug-likeness (QED) is 0.519. The van der Waals surface area contributed by atoms with E-state index in [1.54, 1.807) is 6.92 Å². The van der Waals surface area contributed by atoms with E-state index in [0.29, 0.717) is 6.41 Å². The number of nitrogens with one attached hydrogen (secondary N) is 1. The molecule has 0 aliphatic heterocycles. The largest absolute Gasteiger partial charge is 0.480 e. The van der Waals surface area contributed by atoms with Gasteiger partial charge in [0, 0.05) is 7.11 Å². The van der Waals surface area contributed by atoms with E-state index >= 15 is 0 Å². The van der Waals surface area contributed by atoms with Crippen molar-refractivity contribution in [1.82, 2.24) is 5.32 Å². The van der Waals surface area contributed by atoms with Crippen LogP contribution in [0.25, 0.3) is 0 Å². The summed E-state index contributed by atoms with van der Waals surface area (Å²) in [5, 5.41) is 10.6. The van der Waals surface area contributed by atoms with Crippen LogP contribution in [0.4, 0.5) is 0 Å². The van der Waals surface area contributed by atoms with Crippen LogP contribution in [0, 0.1) is 0 Å². The molecule has 0 aromatic rings. The van der Waals surface area contributed by atoms with Crippen molar-refractivity contribution in [3.63, 3.8) is 0 Å². The molecule has 5 heteroatoms. The van der Waals surface area contributed by atoms with Gasteiger partial charge < -0.3 is 15.2 Å². The van der Waals surface area contributed by atoms with Crippen molar-refractivity contribution < 1.29 is 19.4 Å². The molecule has 0 aliphatic carbocycles. The Morgan fingerprint density at radius 2 is 2.27 bits per heavy atom. The topological polar surface area (TPSA) is 75.6 Å². The maximum absolute atomic E-state index is 10.4. The molecule has 0 aromatic heterocycles. The molecule has 0 saturated heterocycles. The van der Waals surface area contributed by atoms with Crippen molar-refractivity contribution in [2.45, 2.75) is 19.1 Å². The molecule has 0 radical (unpaired) electrons. The third kappa shape index (κ3) is 2.99. The summed E-state index contributed by atoms with van der Waals surface area (Å²) in [6.45, 7) is 1.56. The molecule has 0 aliphatic rings. The minimum absolute atomic E-state index is 0.342. The number of methoxy groups -OCH3 is 1. The van der Waals surface area contributed by atoms with Gasteiger partial charge in [-0.15, -0.1) is 0 Å². The first-order chi connectivity index (χ1) is 5.13. The van der Waals surface area contributed by atoms with Gasteiger partial charge in [-0.2, -0.15) is 0 Å². The highest BCUT2D eigenvalue weighted by Crippen LogP contribution is 1.95. The molecule has 64 valence electrons. The average Bonchev–Trinajstić information content (AvgIpc) is 1.98. The van der Waals surface area contributed by atoms with E-state index in [9.17, 15) is 9.59 Å². The fourth-order valence-corrected chi connectivity index (χ4v) is 0.617. The summed E-state index contributed by atoms with van der Waals surface area (Å²) in [5.74, 6) is -1.11. The first kappa shape index (κ1) is 9.90. The maximum Gasteiger partial charge on any atom is 0.328 e. The Kier molecular flexibility index (Phi) is 4.21. The minimum atomic E-state index is -1.11. The number of hydrogen-bond donors (Lipinski definition) is 2. The number of aliphatic carboxylic acids is 1. The van der Waals surface area contributed by atoms with E-state index in [-0.39, 0.29) is 0 Å². The standard InChI is InChI=1S/C6H11NO4/c1-4(11-2)5(6(9)10)7-3-8/h3-5H,1-2H3,(H,7,8)(H,9,10)/t4-,5-/m1/s1. The molecular formula is C6H11NO4. The molecule has 0 unspecified atom stereocenters. The second-order valence-electron chi connectivity index (χ2n) is 2.04. The van der Waals surface area contributed by atoms with E-state index in [0.717, 1.165) is 0 Å². The lowest BCUT2D eigenvalue weighted by molar-refractivity contribution is -0.144. The Labute approximate surface area is 64.3 Å². The Balaban J connectivity index is 4.08. The van der Waals surface area contributed by atoms with E-state index in [1.165, 1.54) is 7.11 Å². The van der Waals surface area contributed by atoms with Gasteiger partial charge in [0.15, 0.2) is 6.04 Å². The number of hydrogen-bond acceptors (Lipinski definition) is 3. The third-order valence-corrected chi connectivity index (χ3v) is 1.35. The number of carboxylic acid groups (broad SMARTS) is 1. The van der Waals surface area contributed by atoms with Crippen molar-refractivity contribution in [3.8, 4) is 0 Å². The SMILES string of the molecule is CO[C@H](C)[C@@H](NC=O)C(=O)O. The van der Waals surface area contributed by atoms with Gasteiger partial charge in [0.1, 0.15) is 0 Å². The van der Waals surface area contributed by atoms with Gasteiger partial charge in [-0.3, -0.25) is 4.79 Å². The Morgan fingerprint density at radius 1 is 1.73 bits per heavy atom. The van der Waals surface area contributed by atoms with Crippen LogP contribution in [0.1, 0.15) is 6.92 Å². The lowest BCUT2D eigenvalue weighted by Crippen LogP contribution is -2.44. The Bertz CT molecular complexity index is 148. The monoisotopic (exact) mass is 161 g/mol. The molecule has 0 aromatic carbocycles. The molecule has 11 heavy (non-hydrogen) atoms. The van der Waals surface area contributed by atoms with Crippen LogP contribution in [-0.2, 0) is 14.3 Å². The minimum Gasteiger partial charge on any atom is -0.480 e. The van der Waals surface area contributed by atoms with Gasteiger partial charge in [0.25, 0.3) is 0 Å². The number of amides is 1. The smallest absolute Gasteiger partial charge is 0.328 e. The van der Waals surface area contributed by atoms with Crippen molar-refractivity contribution >= 4 is 12.4 Å². The molecule has 1 amide bonds. The molecule has 0 heterocycles. The van der Waals surface area contributed by atoms with E-state index in [2.05, 4.69) is 5.32 Å². The van der Waals surface area contributed by atoms with Crippen LogP contribution in [0.3, 0.4) is 0 Å². The fraction of sp³-hybridized carbons (Fsp3) is 0.667. The molecule has 2 N–H and O–H groups in total. The number of carbonyl (C=O) groups is 2. The third-order valence-electron chi connectivity index (χ3n) is 1.35. The van der Waals surface area contributed by atoms with Crippen LogP contribution < -0.4 is 5.32 Å². The molecule has 0 saturated carbocycles. The average molecular weight is 161 g/mol. The van der Waals surface area contributed by atoms with Crippen molar-refractivity contribution in [2.75, 3.05) is 7.11 Å². The second-order valence-corrected chi connectivity index (χ2v) is 2.04. The number of ether oxygens (including phenoxy) is 1. The molecular weight excluding hydrogens is 150 g/mol. The molecule has 5 nitrogen and oxygen atoms in total. The summed E-state index contributed by atoms with van der Waals surface area (Å²) >= 11 is 0. The zero-order valence-electron chi connectivity index (χ0n) is 6.40. The predicted molar refractivity (Wildman–Crippen MR) is 37.1 cm³/mol. The van der Waals surface area contributed by atoms with Gasteiger partial charge in [-0.1, -0.05) is 0 Å². The van der Waals surface area contributed by atoms with Gasteiger partial charge in [0.05, 0.1) is 6.10 Å². The molecule has 0 bridgehead atoms. The van der Waals surface area contributed by atoms with Crippen LogP contribution in [-0.4, -0.2) is 36.7 Å². The Morgan fingerprint density at radius 3 is 2.55 bits per heavy atom. The first-order valence-electron chi connectivity index (χ1n) is 3.08. The van der Waals surface area contributed by atoms with Crippen LogP contribution >= 0.6 is 0 Å². The maximum atomic E-state index is 10.4. The molecule has 0 spiro atoms. The lowest BCUT2D eigenvalue weighted by Gasteiger charge is -2.17. The molecule has 0 rings (SSSR count). The molecule has 0 fully saturated rings. The second kappa shape index (κ2) is 4.68. The van der Waals surface area contributed by atoms with Crippen molar-refractivity contribution in [3.05, 3.63) is 0 Å². The van der Waals surface area contributed by atoms with E-state index < -0.39 is 18.1 Å². The van der Waals surface area contributed by atoms with E-state index in [4.69, 9.17) is 9.84 Å². The summed E-state index contributed by atoms with van der Waals surface area (Å²) < 4.78 is 4.72. The van der Waals surface area contributed by atoms with Gasteiger partial charge in [-0.05, 0) is 6.92 Å². The zero-order valence-corrected chi connectivity index (χ0v) is 6.40. The van der Waals surface area contributed by atoms with Crippen molar-refractivity contribution in [2.24, 2.45) is 0 Å². The zero-order chi connectivity index (χ0) is 8.85. The number of rotatable bonds is 5. The van der Waals surface area contributed by atoms with Crippen LogP contribution in [0.5, 0.6) is 0 Å². The van der Waals surface area contributed by atoms with Gasteiger partial charge in [0.2, 0.25) is 6.41 Å². The summed E-state index contributed by atoms with van der Waals surface area (Å²) in [4.78, 5) is 20.3. The number of carbonyl (C=O) groups excluding carboxylic acids is 1.